The number of rotatable bonds is 3. The number of carbonyl (C=O) groups is 1. The van der Waals surface area contributed by atoms with Gasteiger partial charge in [-0.05, 0) is 24.6 Å². The Morgan fingerprint density at radius 3 is 2.22 bits per heavy atom. The monoisotopic (exact) mass is 262 g/mol. The van der Waals surface area contributed by atoms with Crippen LogP contribution < -0.4 is 5.73 Å². The average Bonchev–Trinajstić information content (AvgIpc) is 2.39. The van der Waals surface area contributed by atoms with Gasteiger partial charge in [-0.2, -0.15) is 0 Å². The van der Waals surface area contributed by atoms with Gasteiger partial charge < -0.3 is 5.73 Å². The number of halogens is 1. The Labute approximate surface area is 112 Å². The minimum Gasteiger partial charge on any atom is -0.369 e. The molecule has 3 nitrogen and oxygen atoms in total. The third-order valence-corrected chi connectivity index (χ3v) is 3.02. The Bertz CT molecular complexity index is 474. The Hall–Kier alpha value is -1.87. The lowest BCUT2D eigenvalue weighted by molar-refractivity contribution is -0.121. The van der Waals surface area contributed by atoms with Crippen LogP contribution in [0.15, 0.2) is 54.7 Å². The number of hydrogen-bond donors (Lipinski definition) is 1. The van der Waals surface area contributed by atoms with Crippen molar-refractivity contribution in [3.8, 4) is 0 Å². The number of benzene rings is 1. The molecular weight excluding hydrogens is 248 g/mol. The van der Waals surface area contributed by atoms with Crippen molar-refractivity contribution in [3.63, 3.8) is 0 Å². The SMILES string of the molecule is CC(C(N)=O)(c1ccccc1)c1ccccn1.Cl. The van der Waals surface area contributed by atoms with Crippen molar-refractivity contribution in [2.24, 2.45) is 5.73 Å². The maximum absolute atomic E-state index is 11.8. The molecule has 0 aliphatic rings. The molecule has 1 amide bonds. The summed E-state index contributed by atoms with van der Waals surface area (Å²) in [5.74, 6) is -0.401. The molecule has 1 heterocycles. The molecular formula is C14H15ClN2O. The zero-order valence-corrected chi connectivity index (χ0v) is 10.9. The van der Waals surface area contributed by atoms with Crippen molar-refractivity contribution in [1.29, 1.82) is 0 Å². The highest BCUT2D eigenvalue weighted by Gasteiger charge is 2.36. The van der Waals surface area contributed by atoms with Gasteiger partial charge in [0.05, 0.1) is 5.69 Å². The van der Waals surface area contributed by atoms with Crippen LogP contribution in [0.4, 0.5) is 0 Å². The van der Waals surface area contributed by atoms with Crippen LogP contribution in [0.5, 0.6) is 0 Å². The first-order valence-corrected chi connectivity index (χ1v) is 5.42. The highest BCUT2D eigenvalue weighted by Crippen LogP contribution is 2.29. The van der Waals surface area contributed by atoms with E-state index >= 15 is 0 Å². The fraction of sp³-hybridized carbons (Fsp3) is 0.143. The summed E-state index contributed by atoms with van der Waals surface area (Å²) in [5.41, 5.74) is 6.19. The molecule has 0 radical (unpaired) electrons. The van der Waals surface area contributed by atoms with Crippen molar-refractivity contribution < 1.29 is 4.79 Å². The van der Waals surface area contributed by atoms with Crippen LogP contribution in [0.1, 0.15) is 18.2 Å². The van der Waals surface area contributed by atoms with Crippen LogP contribution in [0, 0.1) is 0 Å². The smallest absolute Gasteiger partial charge is 0.233 e. The van der Waals surface area contributed by atoms with E-state index in [1.54, 1.807) is 13.1 Å². The predicted octanol–water partition coefficient (Wildman–Crippen LogP) is 2.29. The first kappa shape index (κ1) is 14.2. The highest BCUT2D eigenvalue weighted by molar-refractivity contribution is 5.89. The Morgan fingerprint density at radius 2 is 1.72 bits per heavy atom. The first-order chi connectivity index (χ1) is 8.15. The largest absolute Gasteiger partial charge is 0.369 e. The number of carbonyl (C=O) groups excluding carboxylic acids is 1. The fourth-order valence-corrected chi connectivity index (χ4v) is 1.85. The molecule has 2 aromatic rings. The van der Waals surface area contributed by atoms with Gasteiger partial charge in [-0.1, -0.05) is 36.4 Å². The van der Waals surface area contributed by atoms with Gasteiger partial charge in [0, 0.05) is 6.20 Å². The van der Waals surface area contributed by atoms with Crippen LogP contribution in [-0.2, 0) is 10.2 Å². The maximum Gasteiger partial charge on any atom is 0.233 e. The van der Waals surface area contributed by atoms with E-state index in [0.717, 1.165) is 5.56 Å². The summed E-state index contributed by atoms with van der Waals surface area (Å²) in [4.78, 5) is 16.1. The van der Waals surface area contributed by atoms with Crippen LogP contribution in [0.3, 0.4) is 0 Å². The molecule has 1 atom stereocenters. The molecule has 18 heavy (non-hydrogen) atoms. The molecule has 1 aromatic carbocycles. The highest BCUT2D eigenvalue weighted by atomic mass is 35.5. The van der Waals surface area contributed by atoms with Crippen LogP contribution >= 0.6 is 12.4 Å². The predicted molar refractivity (Wildman–Crippen MR) is 73.6 cm³/mol. The van der Waals surface area contributed by atoms with E-state index < -0.39 is 11.3 Å². The molecule has 0 saturated heterocycles. The number of pyridine rings is 1. The number of hydrogen-bond acceptors (Lipinski definition) is 2. The second kappa shape index (κ2) is 5.65. The zero-order chi connectivity index (χ0) is 12.3. The summed E-state index contributed by atoms with van der Waals surface area (Å²) >= 11 is 0. The van der Waals surface area contributed by atoms with E-state index in [9.17, 15) is 4.79 Å². The molecule has 0 fully saturated rings. The number of amides is 1. The molecule has 0 aliphatic carbocycles. The van der Waals surface area contributed by atoms with Gasteiger partial charge in [0.2, 0.25) is 5.91 Å². The second-order valence-corrected chi connectivity index (χ2v) is 4.07. The van der Waals surface area contributed by atoms with Gasteiger partial charge in [-0.25, -0.2) is 0 Å². The van der Waals surface area contributed by atoms with E-state index in [-0.39, 0.29) is 12.4 Å². The first-order valence-electron chi connectivity index (χ1n) is 5.42. The number of nitrogens with zero attached hydrogens (tertiary/aromatic N) is 1. The number of aromatic nitrogens is 1. The molecule has 1 unspecified atom stereocenters. The standard InChI is InChI=1S/C14H14N2O.ClH/c1-14(13(15)17,11-7-3-2-4-8-11)12-9-5-6-10-16-12;/h2-10H,1H3,(H2,15,17);1H. The van der Waals surface area contributed by atoms with Gasteiger partial charge in [0.25, 0.3) is 0 Å². The van der Waals surface area contributed by atoms with Crippen LogP contribution in [0.2, 0.25) is 0 Å². The Morgan fingerprint density at radius 1 is 1.11 bits per heavy atom. The van der Waals surface area contributed by atoms with Crippen molar-refractivity contribution in [2.75, 3.05) is 0 Å². The minimum atomic E-state index is -0.886. The van der Waals surface area contributed by atoms with E-state index in [4.69, 9.17) is 5.73 Å². The van der Waals surface area contributed by atoms with Gasteiger partial charge in [-0.15, -0.1) is 12.4 Å². The van der Waals surface area contributed by atoms with Crippen molar-refractivity contribution >= 4 is 18.3 Å². The number of primary amides is 1. The normalized spacial score (nSPS) is 13.2. The van der Waals surface area contributed by atoms with Crippen molar-refractivity contribution in [1.82, 2.24) is 4.98 Å². The minimum absolute atomic E-state index is 0. The molecule has 0 spiro atoms. The maximum atomic E-state index is 11.8. The van der Waals surface area contributed by atoms with Gasteiger partial charge in [-0.3, -0.25) is 9.78 Å². The lowest BCUT2D eigenvalue weighted by Crippen LogP contribution is -2.40. The summed E-state index contributed by atoms with van der Waals surface area (Å²) in [7, 11) is 0. The van der Waals surface area contributed by atoms with Crippen LogP contribution in [-0.4, -0.2) is 10.9 Å². The summed E-state index contributed by atoms with van der Waals surface area (Å²) in [5, 5.41) is 0. The topological polar surface area (TPSA) is 56.0 Å². The molecule has 4 heteroatoms. The summed E-state index contributed by atoms with van der Waals surface area (Å²) in [6.07, 6.45) is 1.67. The molecule has 2 rings (SSSR count). The molecule has 0 aliphatic heterocycles. The fourth-order valence-electron chi connectivity index (χ4n) is 1.85. The van der Waals surface area contributed by atoms with E-state index in [0.29, 0.717) is 5.69 Å². The van der Waals surface area contributed by atoms with E-state index in [1.807, 2.05) is 48.5 Å². The third kappa shape index (κ3) is 2.36. The average molecular weight is 263 g/mol. The Kier molecular flexibility index (Phi) is 4.45. The number of nitrogens with two attached hydrogens (primary N) is 1. The van der Waals surface area contributed by atoms with Gasteiger partial charge in [0.15, 0.2) is 0 Å². The molecule has 94 valence electrons. The van der Waals surface area contributed by atoms with E-state index in [1.165, 1.54) is 0 Å². The molecule has 0 bridgehead atoms. The summed E-state index contributed by atoms with van der Waals surface area (Å²) < 4.78 is 0. The molecule has 0 saturated carbocycles. The van der Waals surface area contributed by atoms with Gasteiger partial charge >= 0.3 is 0 Å². The third-order valence-electron chi connectivity index (χ3n) is 3.02. The van der Waals surface area contributed by atoms with Crippen molar-refractivity contribution in [2.45, 2.75) is 12.3 Å². The quantitative estimate of drug-likeness (QED) is 0.923. The molecule has 1 aromatic heterocycles. The summed E-state index contributed by atoms with van der Waals surface area (Å²) in [6.45, 7) is 1.80. The van der Waals surface area contributed by atoms with Gasteiger partial charge in [0.1, 0.15) is 5.41 Å². The van der Waals surface area contributed by atoms with Crippen molar-refractivity contribution in [3.05, 3.63) is 66.0 Å². The lowest BCUT2D eigenvalue weighted by atomic mass is 9.78. The second-order valence-electron chi connectivity index (χ2n) is 4.07. The zero-order valence-electron chi connectivity index (χ0n) is 10.0. The lowest BCUT2D eigenvalue weighted by Gasteiger charge is -2.25. The summed E-state index contributed by atoms with van der Waals surface area (Å²) in [6, 6.07) is 14.9. The molecule has 2 N–H and O–H groups in total. The Balaban J connectivity index is 0.00000162. The van der Waals surface area contributed by atoms with Crippen LogP contribution in [0.25, 0.3) is 0 Å². The van der Waals surface area contributed by atoms with E-state index in [2.05, 4.69) is 4.98 Å².